The van der Waals surface area contributed by atoms with E-state index in [-0.39, 0.29) is 17.7 Å². The molecule has 1 aliphatic rings. The van der Waals surface area contributed by atoms with Crippen molar-refractivity contribution in [1.29, 1.82) is 0 Å². The molecule has 3 heterocycles. The molecule has 1 aromatic carbocycles. The highest BCUT2D eigenvalue weighted by molar-refractivity contribution is 6.19. The van der Waals surface area contributed by atoms with Gasteiger partial charge >= 0.3 is 5.97 Å². The summed E-state index contributed by atoms with van der Waals surface area (Å²) < 4.78 is 7.31. The third kappa shape index (κ3) is 4.84. The summed E-state index contributed by atoms with van der Waals surface area (Å²) in [5.41, 5.74) is 4.84. The molecule has 0 spiro atoms. The van der Waals surface area contributed by atoms with Gasteiger partial charge in [0.1, 0.15) is 0 Å². The number of alkyl halides is 1. The van der Waals surface area contributed by atoms with E-state index >= 15 is 0 Å². The zero-order valence-electron chi connectivity index (χ0n) is 20.3. The number of hydrogen-bond acceptors (Lipinski definition) is 4. The van der Waals surface area contributed by atoms with Crippen molar-refractivity contribution in [1.82, 2.24) is 9.55 Å². The average molecular weight is 497 g/mol. The van der Waals surface area contributed by atoms with Gasteiger partial charge in [-0.25, -0.2) is 0 Å². The van der Waals surface area contributed by atoms with E-state index in [1.807, 2.05) is 43.9 Å². The van der Waals surface area contributed by atoms with Crippen molar-refractivity contribution in [2.24, 2.45) is 7.05 Å². The quantitative estimate of drug-likeness (QED) is 0.211. The molecule has 184 valence electrons. The maximum absolute atomic E-state index is 13.3. The second kappa shape index (κ2) is 10.00. The minimum absolute atomic E-state index is 0.0413. The molecule has 2 aromatic heterocycles. The SMILES string of the molecule is CCCC(=O)Nc1cc(/C=C/C(=O)N2CC(CCl)c3c2cc(OC(C)=O)c2[nH]cc(C)c32)n(C)c1. The molecule has 0 fully saturated rings. The fourth-order valence-electron chi connectivity index (χ4n) is 4.59. The number of fused-ring (bicyclic) bond motifs is 3. The largest absolute Gasteiger partial charge is 0.424 e. The summed E-state index contributed by atoms with van der Waals surface area (Å²) in [5, 5.41) is 3.80. The van der Waals surface area contributed by atoms with Crippen molar-refractivity contribution < 1.29 is 19.1 Å². The number of carbonyl (C=O) groups excluding carboxylic acids is 3. The molecule has 3 aromatic rings. The Morgan fingerprint density at radius 1 is 1.31 bits per heavy atom. The van der Waals surface area contributed by atoms with Crippen LogP contribution < -0.4 is 15.0 Å². The number of nitrogens with one attached hydrogen (secondary N) is 2. The lowest BCUT2D eigenvalue weighted by Gasteiger charge is -2.17. The molecule has 0 radical (unpaired) electrons. The molecule has 1 atom stereocenters. The highest BCUT2D eigenvalue weighted by Gasteiger charge is 2.35. The summed E-state index contributed by atoms with van der Waals surface area (Å²) in [6.45, 7) is 5.70. The van der Waals surface area contributed by atoms with Crippen molar-refractivity contribution in [3.05, 3.63) is 47.4 Å². The van der Waals surface area contributed by atoms with E-state index in [0.29, 0.717) is 36.0 Å². The number of rotatable bonds is 7. The molecule has 8 nitrogen and oxygen atoms in total. The van der Waals surface area contributed by atoms with E-state index < -0.39 is 5.97 Å². The Morgan fingerprint density at radius 2 is 2.09 bits per heavy atom. The van der Waals surface area contributed by atoms with E-state index in [1.165, 1.54) is 13.0 Å². The normalized spacial score (nSPS) is 15.1. The van der Waals surface area contributed by atoms with Gasteiger partial charge in [-0.15, -0.1) is 11.6 Å². The Balaban J connectivity index is 1.66. The van der Waals surface area contributed by atoms with Crippen LogP contribution in [-0.4, -0.2) is 39.8 Å². The third-order valence-electron chi connectivity index (χ3n) is 6.15. The van der Waals surface area contributed by atoms with Gasteiger partial charge < -0.3 is 24.5 Å². The minimum Gasteiger partial charge on any atom is -0.424 e. The van der Waals surface area contributed by atoms with E-state index in [2.05, 4.69) is 10.3 Å². The molecular formula is C26H29ClN4O4. The third-order valence-corrected chi connectivity index (χ3v) is 6.52. The van der Waals surface area contributed by atoms with Gasteiger partial charge in [-0.2, -0.15) is 0 Å². The molecule has 9 heteroatoms. The number of esters is 1. The number of anilines is 2. The van der Waals surface area contributed by atoms with Gasteiger partial charge in [0.15, 0.2) is 5.75 Å². The first-order valence-corrected chi connectivity index (χ1v) is 12.1. The van der Waals surface area contributed by atoms with Gasteiger partial charge in [-0.1, -0.05) is 6.92 Å². The number of amides is 2. The fraction of sp³-hybridized carbons (Fsp3) is 0.346. The number of halogens is 1. The lowest BCUT2D eigenvalue weighted by molar-refractivity contribution is -0.131. The van der Waals surface area contributed by atoms with Crippen molar-refractivity contribution in [3.63, 3.8) is 0 Å². The van der Waals surface area contributed by atoms with E-state index in [9.17, 15) is 14.4 Å². The highest BCUT2D eigenvalue weighted by atomic mass is 35.5. The van der Waals surface area contributed by atoms with Gasteiger partial charge in [-0.05, 0) is 36.6 Å². The Kier molecular flexibility index (Phi) is 7.03. The van der Waals surface area contributed by atoms with Crippen LogP contribution in [0.3, 0.4) is 0 Å². The van der Waals surface area contributed by atoms with Crippen molar-refractivity contribution in [2.75, 3.05) is 22.6 Å². The standard InChI is InChI=1S/C26H29ClN4O4/c1-5-6-22(33)29-18-9-19(30(4)14-18)7-8-23(34)31-13-17(11-27)25-20(31)10-21(35-16(3)32)26-24(25)15(2)12-28-26/h7-10,12,14,17,28H,5-6,11,13H2,1-4H3,(H,29,33)/b8-7+. The number of aryl methyl sites for hydroxylation is 2. The molecule has 35 heavy (non-hydrogen) atoms. The lowest BCUT2D eigenvalue weighted by atomic mass is 9.97. The molecule has 2 N–H and O–H groups in total. The number of carbonyl (C=O) groups is 3. The second-order valence-electron chi connectivity index (χ2n) is 8.82. The molecule has 0 bridgehead atoms. The number of ether oxygens (including phenoxy) is 1. The summed E-state index contributed by atoms with van der Waals surface area (Å²) in [6, 6.07) is 3.56. The van der Waals surface area contributed by atoms with Gasteiger partial charge in [0.2, 0.25) is 5.91 Å². The minimum atomic E-state index is -0.436. The number of aromatic nitrogens is 2. The van der Waals surface area contributed by atoms with Crippen LogP contribution in [0.2, 0.25) is 0 Å². The molecule has 4 rings (SSSR count). The molecule has 1 unspecified atom stereocenters. The maximum Gasteiger partial charge on any atom is 0.308 e. The molecule has 1 aliphatic heterocycles. The van der Waals surface area contributed by atoms with Crippen molar-refractivity contribution in [2.45, 2.75) is 39.5 Å². The monoisotopic (exact) mass is 496 g/mol. The number of nitrogens with zero attached hydrogens (tertiary/aromatic N) is 2. The number of aromatic amines is 1. The number of benzene rings is 1. The van der Waals surface area contributed by atoms with Crippen LogP contribution in [0.1, 0.15) is 49.4 Å². The Bertz CT molecular complexity index is 1340. The molecule has 0 aliphatic carbocycles. The molecule has 0 saturated carbocycles. The molecular weight excluding hydrogens is 468 g/mol. The van der Waals surface area contributed by atoms with E-state index in [4.69, 9.17) is 16.3 Å². The van der Waals surface area contributed by atoms with Crippen LogP contribution in [0.4, 0.5) is 11.4 Å². The van der Waals surface area contributed by atoms with Crippen LogP contribution in [0.15, 0.2) is 30.6 Å². The van der Waals surface area contributed by atoms with Crippen LogP contribution in [0.5, 0.6) is 5.75 Å². The Morgan fingerprint density at radius 3 is 2.77 bits per heavy atom. The van der Waals surface area contributed by atoms with E-state index in [0.717, 1.165) is 34.1 Å². The van der Waals surface area contributed by atoms with Gasteiger partial charge in [0.25, 0.3) is 5.91 Å². The van der Waals surface area contributed by atoms with Crippen LogP contribution in [0.25, 0.3) is 17.0 Å². The van der Waals surface area contributed by atoms with Crippen LogP contribution in [-0.2, 0) is 21.4 Å². The van der Waals surface area contributed by atoms with Gasteiger partial charge in [0, 0.05) is 74.4 Å². The number of hydrogen-bond donors (Lipinski definition) is 2. The topological polar surface area (TPSA) is 96.4 Å². The highest BCUT2D eigenvalue weighted by Crippen LogP contribution is 2.46. The first-order valence-electron chi connectivity index (χ1n) is 11.6. The fourth-order valence-corrected chi connectivity index (χ4v) is 4.85. The van der Waals surface area contributed by atoms with E-state index in [1.54, 1.807) is 17.0 Å². The smallest absolute Gasteiger partial charge is 0.308 e. The molecule has 2 amide bonds. The zero-order valence-corrected chi connectivity index (χ0v) is 21.0. The summed E-state index contributed by atoms with van der Waals surface area (Å²) in [7, 11) is 1.85. The lowest BCUT2D eigenvalue weighted by Crippen LogP contribution is -2.28. The first kappa shape index (κ1) is 24.6. The zero-order chi connectivity index (χ0) is 25.3. The maximum atomic E-state index is 13.3. The Labute approximate surface area is 208 Å². The average Bonchev–Trinajstić information content (AvgIpc) is 3.46. The predicted molar refractivity (Wildman–Crippen MR) is 138 cm³/mol. The number of H-pyrrole nitrogens is 1. The Hall–Kier alpha value is -3.52. The van der Waals surface area contributed by atoms with Gasteiger partial charge in [-0.3, -0.25) is 14.4 Å². The summed E-state index contributed by atoms with van der Waals surface area (Å²) in [4.78, 5) is 41.8. The summed E-state index contributed by atoms with van der Waals surface area (Å²) in [6.07, 6.45) is 8.13. The second-order valence-corrected chi connectivity index (χ2v) is 9.13. The summed E-state index contributed by atoms with van der Waals surface area (Å²) in [5.74, 6) is -0.00711. The van der Waals surface area contributed by atoms with Crippen LogP contribution in [0, 0.1) is 6.92 Å². The van der Waals surface area contributed by atoms with Crippen LogP contribution >= 0.6 is 11.6 Å². The molecule has 0 saturated heterocycles. The van der Waals surface area contributed by atoms with Gasteiger partial charge in [0.05, 0.1) is 16.9 Å². The van der Waals surface area contributed by atoms with Crippen molar-refractivity contribution >= 4 is 57.7 Å². The summed E-state index contributed by atoms with van der Waals surface area (Å²) >= 11 is 6.32. The first-order chi connectivity index (χ1) is 16.7. The predicted octanol–water partition coefficient (Wildman–Crippen LogP) is 4.86. The van der Waals surface area contributed by atoms with Crippen molar-refractivity contribution in [3.8, 4) is 5.75 Å².